The summed E-state index contributed by atoms with van der Waals surface area (Å²) in [6.07, 6.45) is 6.25. The average molecular weight is 242 g/mol. The summed E-state index contributed by atoms with van der Waals surface area (Å²) in [7, 11) is 4.23. The van der Waals surface area contributed by atoms with Gasteiger partial charge in [0.1, 0.15) is 0 Å². The van der Waals surface area contributed by atoms with E-state index < -0.39 is 0 Å². The largest absolute Gasteiger partial charge is 0.396 e. The highest BCUT2D eigenvalue weighted by Gasteiger charge is 2.31. The maximum absolute atomic E-state index is 9.63. The Hall–Kier alpha value is -0.120. The van der Waals surface area contributed by atoms with Crippen molar-refractivity contribution in [3.63, 3.8) is 0 Å². The zero-order valence-corrected chi connectivity index (χ0v) is 12.1. The van der Waals surface area contributed by atoms with Crippen LogP contribution in [0.25, 0.3) is 0 Å². The van der Waals surface area contributed by atoms with E-state index in [0.717, 1.165) is 13.1 Å². The van der Waals surface area contributed by atoms with Gasteiger partial charge in [-0.05, 0) is 40.8 Å². The van der Waals surface area contributed by atoms with Crippen LogP contribution in [-0.4, -0.2) is 49.3 Å². The molecule has 0 aromatic rings. The molecule has 3 nitrogen and oxygen atoms in total. The molecule has 1 fully saturated rings. The molecule has 3 heteroatoms. The molecule has 0 aliphatic heterocycles. The van der Waals surface area contributed by atoms with Crippen LogP contribution in [-0.2, 0) is 0 Å². The van der Waals surface area contributed by atoms with Crippen molar-refractivity contribution in [2.24, 2.45) is 5.41 Å². The third-order valence-electron chi connectivity index (χ3n) is 4.52. The number of hydrogen-bond acceptors (Lipinski definition) is 3. The smallest absolute Gasteiger partial charge is 0.0499 e. The van der Waals surface area contributed by atoms with E-state index in [1.807, 2.05) is 0 Å². The minimum Gasteiger partial charge on any atom is -0.396 e. The summed E-state index contributed by atoms with van der Waals surface area (Å²) in [5.74, 6) is 0. The first-order chi connectivity index (χ1) is 7.92. The number of nitrogens with zero attached hydrogens (tertiary/aromatic N) is 1. The summed E-state index contributed by atoms with van der Waals surface area (Å²) in [5.41, 5.74) is 0.325. The van der Waals surface area contributed by atoms with E-state index in [-0.39, 0.29) is 11.0 Å². The predicted octanol–water partition coefficient (Wildman–Crippen LogP) is 1.86. The first-order valence-electron chi connectivity index (χ1n) is 6.91. The van der Waals surface area contributed by atoms with Gasteiger partial charge in [-0.25, -0.2) is 0 Å². The minimum atomic E-state index is 0.153. The second-order valence-corrected chi connectivity index (χ2v) is 6.53. The molecule has 1 aliphatic carbocycles. The Morgan fingerprint density at radius 3 is 2.24 bits per heavy atom. The molecule has 1 rings (SSSR count). The molecule has 0 heterocycles. The van der Waals surface area contributed by atoms with E-state index >= 15 is 0 Å². The SMILES string of the molecule is CN(C)C(C)(C)CNCC1(CO)CCCCC1. The van der Waals surface area contributed by atoms with Gasteiger partial charge >= 0.3 is 0 Å². The fourth-order valence-electron chi connectivity index (χ4n) is 2.48. The Labute approximate surface area is 107 Å². The molecule has 2 N–H and O–H groups in total. The van der Waals surface area contributed by atoms with E-state index in [9.17, 15) is 5.11 Å². The standard InChI is InChI=1S/C14H30N2O/c1-13(2,16(3)4)10-15-11-14(12-17)8-6-5-7-9-14/h15,17H,5-12H2,1-4H3. The molecule has 1 saturated carbocycles. The minimum absolute atomic E-state index is 0.153. The van der Waals surface area contributed by atoms with Crippen LogP contribution in [0.15, 0.2) is 0 Å². The lowest BCUT2D eigenvalue weighted by atomic mass is 9.74. The van der Waals surface area contributed by atoms with Crippen LogP contribution in [0.5, 0.6) is 0 Å². The fourth-order valence-corrected chi connectivity index (χ4v) is 2.48. The van der Waals surface area contributed by atoms with E-state index in [2.05, 4.69) is 38.2 Å². The molecule has 0 spiro atoms. The van der Waals surface area contributed by atoms with Crippen molar-refractivity contribution >= 4 is 0 Å². The maximum Gasteiger partial charge on any atom is 0.0499 e. The van der Waals surface area contributed by atoms with Crippen LogP contribution in [0.3, 0.4) is 0 Å². The number of likely N-dealkylation sites (N-methyl/N-ethyl adjacent to an activating group) is 1. The molecule has 1 aliphatic rings. The van der Waals surface area contributed by atoms with Crippen molar-refractivity contribution < 1.29 is 5.11 Å². The van der Waals surface area contributed by atoms with Crippen molar-refractivity contribution in [3.05, 3.63) is 0 Å². The molecule has 0 aromatic carbocycles. The molecule has 0 unspecified atom stereocenters. The van der Waals surface area contributed by atoms with Gasteiger partial charge in [0.25, 0.3) is 0 Å². The number of aliphatic hydroxyl groups is 1. The Balaban J connectivity index is 2.38. The first kappa shape index (κ1) is 14.9. The van der Waals surface area contributed by atoms with Gasteiger partial charge in [0.05, 0.1) is 0 Å². The van der Waals surface area contributed by atoms with Crippen LogP contribution in [0.1, 0.15) is 46.0 Å². The van der Waals surface area contributed by atoms with E-state index in [1.54, 1.807) is 0 Å². The maximum atomic E-state index is 9.63. The second-order valence-electron chi connectivity index (χ2n) is 6.53. The zero-order valence-electron chi connectivity index (χ0n) is 12.1. The molecule has 17 heavy (non-hydrogen) atoms. The van der Waals surface area contributed by atoms with Crippen molar-refractivity contribution in [2.75, 3.05) is 33.8 Å². The molecule has 0 amide bonds. The lowest BCUT2D eigenvalue weighted by Crippen LogP contribution is -2.49. The number of rotatable bonds is 6. The molecule has 0 atom stereocenters. The normalized spacial score (nSPS) is 20.8. The Bertz CT molecular complexity index is 220. The zero-order chi connectivity index (χ0) is 12.9. The molecule has 102 valence electrons. The summed E-state index contributed by atoms with van der Waals surface area (Å²) in [6, 6.07) is 0. The van der Waals surface area contributed by atoms with Gasteiger partial charge in [0.2, 0.25) is 0 Å². The third-order valence-corrected chi connectivity index (χ3v) is 4.52. The van der Waals surface area contributed by atoms with Gasteiger partial charge in [-0.3, -0.25) is 0 Å². The number of nitrogens with one attached hydrogen (secondary N) is 1. The fraction of sp³-hybridized carbons (Fsp3) is 1.00. The van der Waals surface area contributed by atoms with Crippen LogP contribution < -0.4 is 5.32 Å². The Morgan fingerprint density at radius 2 is 1.76 bits per heavy atom. The summed E-state index contributed by atoms with van der Waals surface area (Å²) in [6.45, 7) is 6.75. The van der Waals surface area contributed by atoms with Crippen molar-refractivity contribution in [2.45, 2.75) is 51.5 Å². The van der Waals surface area contributed by atoms with Crippen LogP contribution >= 0.6 is 0 Å². The second kappa shape index (κ2) is 6.17. The van der Waals surface area contributed by atoms with Gasteiger partial charge in [-0.2, -0.15) is 0 Å². The predicted molar refractivity (Wildman–Crippen MR) is 73.2 cm³/mol. The van der Waals surface area contributed by atoms with Gasteiger partial charge in [0.15, 0.2) is 0 Å². The number of aliphatic hydroxyl groups excluding tert-OH is 1. The van der Waals surface area contributed by atoms with Gasteiger partial charge in [0, 0.05) is 30.7 Å². The topological polar surface area (TPSA) is 35.5 Å². The van der Waals surface area contributed by atoms with E-state index in [4.69, 9.17) is 0 Å². The summed E-state index contributed by atoms with van der Waals surface area (Å²) < 4.78 is 0. The first-order valence-corrected chi connectivity index (χ1v) is 6.91. The lowest BCUT2D eigenvalue weighted by molar-refractivity contribution is 0.0760. The van der Waals surface area contributed by atoms with Crippen LogP contribution in [0, 0.1) is 5.41 Å². The molecule has 0 radical (unpaired) electrons. The Kier molecular flexibility index (Phi) is 5.42. The van der Waals surface area contributed by atoms with Crippen molar-refractivity contribution in [1.82, 2.24) is 10.2 Å². The highest BCUT2D eigenvalue weighted by atomic mass is 16.3. The summed E-state index contributed by atoms with van der Waals surface area (Å²) in [4.78, 5) is 2.24. The quantitative estimate of drug-likeness (QED) is 0.746. The van der Waals surface area contributed by atoms with Crippen molar-refractivity contribution in [3.8, 4) is 0 Å². The molecule has 0 saturated heterocycles. The van der Waals surface area contributed by atoms with E-state index in [1.165, 1.54) is 32.1 Å². The summed E-state index contributed by atoms with van der Waals surface area (Å²) >= 11 is 0. The van der Waals surface area contributed by atoms with E-state index in [0.29, 0.717) is 6.61 Å². The number of hydrogen-bond donors (Lipinski definition) is 2. The Morgan fingerprint density at radius 1 is 1.18 bits per heavy atom. The van der Waals surface area contributed by atoms with Gasteiger partial charge in [-0.15, -0.1) is 0 Å². The van der Waals surface area contributed by atoms with Crippen LogP contribution in [0.4, 0.5) is 0 Å². The van der Waals surface area contributed by atoms with Gasteiger partial charge in [-0.1, -0.05) is 19.3 Å². The molecule has 0 aromatic heterocycles. The molecule has 0 bridgehead atoms. The summed E-state index contributed by atoms with van der Waals surface area (Å²) in [5, 5.41) is 13.2. The van der Waals surface area contributed by atoms with Crippen molar-refractivity contribution in [1.29, 1.82) is 0 Å². The van der Waals surface area contributed by atoms with Gasteiger partial charge < -0.3 is 15.3 Å². The third kappa shape index (κ3) is 4.23. The highest BCUT2D eigenvalue weighted by molar-refractivity contribution is 4.87. The monoisotopic (exact) mass is 242 g/mol. The van der Waals surface area contributed by atoms with Crippen LogP contribution in [0.2, 0.25) is 0 Å². The average Bonchev–Trinajstić information content (AvgIpc) is 2.30. The highest BCUT2D eigenvalue weighted by Crippen LogP contribution is 2.35. The lowest BCUT2D eigenvalue weighted by Gasteiger charge is -2.38. The molecular formula is C14H30N2O. The molecular weight excluding hydrogens is 212 g/mol.